The lowest BCUT2D eigenvalue weighted by atomic mass is 9.84. The molecular weight excluding hydrogens is 572 g/mol. The number of para-hydroxylation sites is 1. The largest absolute Gasteiger partial charge is 0.436 e. The summed E-state index contributed by atoms with van der Waals surface area (Å²) in [6.45, 7) is 6.72. The van der Waals surface area contributed by atoms with E-state index in [1.807, 2.05) is 30.5 Å². The van der Waals surface area contributed by atoms with Gasteiger partial charge in [0.05, 0.1) is 11.3 Å². The Morgan fingerprint density at radius 1 is 0.574 bits per heavy atom. The maximum absolute atomic E-state index is 6.64. The Balaban J connectivity index is 1.30. The molecule has 0 unspecified atom stereocenters. The molecule has 0 aliphatic heterocycles. The van der Waals surface area contributed by atoms with Gasteiger partial charge in [-0.2, -0.15) is 0 Å². The van der Waals surface area contributed by atoms with Crippen LogP contribution >= 0.6 is 0 Å². The van der Waals surface area contributed by atoms with Crippen LogP contribution < -0.4 is 0 Å². The van der Waals surface area contributed by atoms with Crippen LogP contribution in [0.3, 0.4) is 0 Å². The van der Waals surface area contributed by atoms with Gasteiger partial charge in [-0.05, 0) is 73.5 Å². The normalized spacial score (nSPS) is 12.1. The summed E-state index contributed by atoms with van der Waals surface area (Å²) in [6, 6.07) is 50.9. The van der Waals surface area contributed by atoms with Gasteiger partial charge in [-0.3, -0.25) is 4.99 Å². The fourth-order valence-electron chi connectivity index (χ4n) is 6.46. The van der Waals surface area contributed by atoms with Gasteiger partial charge in [0.15, 0.2) is 5.58 Å². The molecule has 226 valence electrons. The van der Waals surface area contributed by atoms with Gasteiger partial charge in [0, 0.05) is 17.3 Å². The van der Waals surface area contributed by atoms with Crippen LogP contribution in [0.15, 0.2) is 155 Å². The lowest BCUT2D eigenvalue weighted by molar-refractivity contribution is 0.584. The Kier molecular flexibility index (Phi) is 7.03. The van der Waals surface area contributed by atoms with E-state index in [-0.39, 0.29) is 5.41 Å². The van der Waals surface area contributed by atoms with Crippen LogP contribution in [0.4, 0.5) is 5.69 Å². The minimum absolute atomic E-state index is 0.0870. The van der Waals surface area contributed by atoms with E-state index in [9.17, 15) is 0 Å². The van der Waals surface area contributed by atoms with Crippen LogP contribution in [0, 0.1) is 0 Å². The fourth-order valence-corrected chi connectivity index (χ4v) is 6.46. The van der Waals surface area contributed by atoms with E-state index in [0.29, 0.717) is 5.89 Å². The zero-order chi connectivity index (χ0) is 32.0. The smallest absolute Gasteiger partial charge is 0.229 e. The summed E-state index contributed by atoms with van der Waals surface area (Å²) in [5, 5.41) is 4.76. The molecule has 0 aliphatic rings. The van der Waals surface area contributed by atoms with Crippen molar-refractivity contribution in [2.45, 2.75) is 26.2 Å². The zero-order valence-corrected chi connectivity index (χ0v) is 26.7. The highest BCUT2D eigenvalue weighted by molar-refractivity contribution is 6.09. The molecule has 8 aromatic rings. The van der Waals surface area contributed by atoms with Gasteiger partial charge < -0.3 is 4.42 Å². The number of aliphatic imine (C=N–C) groups is 1. The molecule has 0 amide bonds. The molecule has 0 saturated heterocycles. The molecule has 0 aliphatic carbocycles. The molecule has 0 fully saturated rings. The van der Waals surface area contributed by atoms with E-state index in [1.54, 1.807) is 0 Å². The minimum Gasteiger partial charge on any atom is -0.436 e. The van der Waals surface area contributed by atoms with E-state index < -0.39 is 0 Å². The molecule has 1 heterocycles. The van der Waals surface area contributed by atoms with Gasteiger partial charge in [0.2, 0.25) is 5.89 Å². The van der Waals surface area contributed by atoms with Crippen molar-refractivity contribution in [2.75, 3.05) is 0 Å². The van der Waals surface area contributed by atoms with Crippen LogP contribution in [0.25, 0.3) is 66.4 Å². The maximum Gasteiger partial charge on any atom is 0.229 e. The van der Waals surface area contributed by atoms with Gasteiger partial charge in [0.25, 0.3) is 0 Å². The van der Waals surface area contributed by atoms with E-state index in [1.165, 1.54) is 38.2 Å². The quantitative estimate of drug-likeness (QED) is 0.183. The highest BCUT2D eigenvalue weighted by Gasteiger charge is 2.22. The number of aromatic nitrogens is 1. The van der Waals surface area contributed by atoms with Crippen molar-refractivity contribution in [2.24, 2.45) is 4.99 Å². The molecule has 0 N–H and O–H groups in total. The van der Waals surface area contributed by atoms with E-state index >= 15 is 0 Å². The SMILES string of the molecule is CC(C)(C)c1cc(-c2ccc(-c3ccccc3)c3ccccc23)c2nc(-c3ccccc3N=Cc3cccc4ccccc34)oc2c1. The summed E-state index contributed by atoms with van der Waals surface area (Å²) in [5.41, 5.74) is 10.1. The van der Waals surface area contributed by atoms with Crippen molar-refractivity contribution in [3.05, 3.63) is 157 Å². The predicted molar refractivity (Wildman–Crippen MR) is 198 cm³/mol. The Morgan fingerprint density at radius 2 is 1.23 bits per heavy atom. The standard InChI is InChI=1S/C44H34N2O/c1-44(2,3)32-26-39(37-25-24-34(30-14-5-4-6-15-30)35-20-9-10-21-36(35)37)42-41(27-32)47-43(46-42)38-22-11-12-23-40(38)45-28-31-18-13-17-29-16-7-8-19-33(29)31/h4-28H,1-3H3. The lowest BCUT2D eigenvalue weighted by Gasteiger charge is -2.20. The van der Waals surface area contributed by atoms with Crippen molar-refractivity contribution < 1.29 is 4.42 Å². The Bertz CT molecular complexity index is 2440. The Morgan fingerprint density at radius 3 is 2.04 bits per heavy atom. The van der Waals surface area contributed by atoms with Crippen LogP contribution in [0.5, 0.6) is 0 Å². The highest BCUT2D eigenvalue weighted by atomic mass is 16.3. The van der Waals surface area contributed by atoms with Gasteiger partial charge in [-0.15, -0.1) is 0 Å². The maximum atomic E-state index is 6.64. The first kappa shape index (κ1) is 28.7. The van der Waals surface area contributed by atoms with E-state index in [4.69, 9.17) is 14.4 Å². The first-order valence-electron chi connectivity index (χ1n) is 16.1. The minimum atomic E-state index is -0.0870. The molecule has 0 bridgehead atoms. The summed E-state index contributed by atoms with van der Waals surface area (Å²) in [4.78, 5) is 10.2. The number of rotatable bonds is 5. The van der Waals surface area contributed by atoms with Gasteiger partial charge in [-0.1, -0.05) is 142 Å². The molecule has 47 heavy (non-hydrogen) atoms. The van der Waals surface area contributed by atoms with Crippen molar-refractivity contribution in [1.29, 1.82) is 0 Å². The molecule has 1 aromatic heterocycles. The topological polar surface area (TPSA) is 38.4 Å². The third-order valence-corrected chi connectivity index (χ3v) is 8.96. The second-order valence-electron chi connectivity index (χ2n) is 13.1. The summed E-state index contributed by atoms with van der Waals surface area (Å²) >= 11 is 0. The molecular formula is C44H34N2O. The molecule has 3 nitrogen and oxygen atoms in total. The van der Waals surface area contributed by atoms with E-state index in [0.717, 1.165) is 39.0 Å². The van der Waals surface area contributed by atoms with Crippen molar-refractivity contribution in [3.8, 4) is 33.7 Å². The zero-order valence-electron chi connectivity index (χ0n) is 26.7. The summed E-state index contributed by atoms with van der Waals surface area (Å²) in [7, 11) is 0. The monoisotopic (exact) mass is 606 g/mol. The number of benzene rings is 7. The average molecular weight is 607 g/mol. The molecule has 0 radical (unpaired) electrons. The molecule has 8 rings (SSSR count). The van der Waals surface area contributed by atoms with Crippen LogP contribution in [-0.2, 0) is 5.41 Å². The first-order valence-corrected chi connectivity index (χ1v) is 16.1. The summed E-state index contributed by atoms with van der Waals surface area (Å²) < 4.78 is 6.64. The van der Waals surface area contributed by atoms with Crippen LogP contribution in [0.1, 0.15) is 31.9 Å². The molecule has 3 heteroatoms. The predicted octanol–water partition coefficient (Wildman–Crippen LogP) is 12.2. The fraction of sp³-hybridized carbons (Fsp3) is 0.0909. The number of nitrogens with zero attached hydrogens (tertiary/aromatic N) is 2. The van der Waals surface area contributed by atoms with Crippen LogP contribution in [0.2, 0.25) is 0 Å². The van der Waals surface area contributed by atoms with E-state index in [2.05, 4.69) is 142 Å². The molecule has 0 atom stereocenters. The Hall–Kier alpha value is -5.80. The summed E-state index contributed by atoms with van der Waals surface area (Å²) in [6.07, 6.45) is 1.94. The van der Waals surface area contributed by atoms with Crippen molar-refractivity contribution >= 4 is 44.5 Å². The van der Waals surface area contributed by atoms with Gasteiger partial charge >= 0.3 is 0 Å². The first-order chi connectivity index (χ1) is 22.9. The number of hydrogen-bond acceptors (Lipinski definition) is 3. The second-order valence-corrected chi connectivity index (χ2v) is 13.1. The number of hydrogen-bond donors (Lipinski definition) is 0. The second kappa shape index (κ2) is 11.5. The third kappa shape index (κ3) is 5.30. The van der Waals surface area contributed by atoms with Gasteiger partial charge in [0.1, 0.15) is 5.52 Å². The Labute approximate surface area is 274 Å². The van der Waals surface area contributed by atoms with Crippen molar-refractivity contribution in [1.82, 2.24) is 4.98 Å². The third-order valence-electron chi connectivity index (χ3n) is 8.96. The molecule has 7 aromatic carbocycles. The van der Waals surface area contributed by atoms with Crippen LogP contribution in [-0.4, -0.2) is 11.2 Å². The molecule has 0 spiro atoms. The number of fused-ring (bicyclic) bond motifs is 3. The average Bonchev–Trinajstić information content (AvgIpc) is 3.54. The lowest BCUT2D eigenvalue weighted by Crippen LogP contribution is -2.11. The van der Waals surface area contributed by atoms with Crippen molar-refractivity contribution in [3.63, 3.8) is 0 Å². The molecule has 0 saturated carbocycles. The highest BCUT2D eigenvalue weighted by Crippen LogP contribution is 2.42. The number of oxazole rings is 1. The summed E-state index contributed by atoms with van der Waals surface area (Å²) in [5.74, 6) is 0.559. The van der Waals surface area contributed by atoms with Gasteiger partial charge in [-0.25, -0.2) is 4.98 Å².